The van der Waals surface area contributed by atoms with E-state index in [1.54, 1.807) is 0 Å². The lowest BCUT2D eigenvalue weighted by atomic mass is 10.3. The maximum absolute atomic E-state index is 11.3. The standard InChI is InChI=1S/C9H17NO4S/c1-3-5-6-10(9(11)4-2)7-8-15(12,13)14/h4H,2-3,5-8H2,1H3,(H,12,13,14). The number of unbranched alkanes of at least 4 members (excludes halogenated alkanes) is 1. The van der Waals surface area contributed by atoms with Crippen molar-refractivity contribution in [3.63, 3.8) is 0 Å². The number of carbonyl (C=O) groups is 1. The summed E-state index contributed by atoms with van der Waals surface area (Å²) in [7, 11) is -4.01. The summed E-state index contributed by atoms with van der Waals surface area (Å²) < 4.78 is 29.6. The van der Waals surface area contributed by atoms with E-state index in [0.717, 1.165) is 18.9 Å². The molecule has 0 aliphatic rings. The molecule has 0 aromatic heterocycles. The Morgan fingerprint density at radius 2 is 2.07 bits per heavy atom. The summed E-state index contributed by atoms with van der Waals surface area (Å²) in [4.78, 5) is 12.6. The van der Waals surface area contributed by atoms with Gasteiger partial charge in [0.1, 0.15) is 0 Å². The molecule has 5 nitrogen and oxygen atoms in total. The van der Waals surface area contributed by atoms with Gasteiger partial charge in [0.05, 0.1) is 5.75 Å². The average Bonchev–Trinajstić information content (AvgIpc) is 2.15. The minimum absolute atomic E-state index is 0.00366. The van der Waals surface area contributed by atoms with E-state index in [2.05, 4.69) is 6.58 Å². The lowest BCUT2D eigenvalue weighted by Crippen LogP contribution is -2.34. The van der Waals surface area contributed by atoms with Crippen molar-refractivity contribution >= 4 is 16.0 Å². The summed E-state index contributed by atoms with van der Waals surface area (Å²) in [5.41, 5.74) is 0. The molecule has 0 rings (SSSR count). The molecule has 1 amide bonds. The molecule has 0 spiro atoms. The molecule has 0 fully saturated rings. The van der Waals surface area contributed by atoms with Gasteiger partial charge in [0.15, 0.2) is 0 Å². The molecule has 88 valence electrons. The van der Waals surface area contributed by atoms with Gasteiger partial charge < -0.3 is 4.90 Å². The quantitative estimate of drug-likeness (QED) is 0.520. The van der Waals surface area contributed by atoms with Crippen molar-refractivity contribution in [2.75, 3.05) is 18.8 Å². The van der Waals surface area contributed by atoms with Gasteiger partial charge in [-0.15, -0.1) is 0 Å². The van der Waals surface area contributed by atoms with E-state index < -0.39 is 15.9 Å². The Balaban J connectivity index is 4.24. The number of rotatable bonds is 7. The summed E-state index contributed by atoms with van der Waals surface area (Å²) in [5, 5.41) is 0. The van der Waals surface area contributed by atoms with Crippen molar-refractivity contribution in [1.82, 2.24) is 4.90 Å². The van der Waals surface area contributed by atoms with Crippen LogP contribution < -0.4 is 0 Å². The molecule has 1 N–H and O–H groups in total. The summed E-state index contributed by atoms with van der Waals surface area (Å²) in [6.07, 6.45) is 2.84. The first-order valence-electron chi connectivity index (χ1n) is 4.77. The highest BCUT2D eigenvalue weighted by Gasteiger charge is 2.13. The smallest absolute Gasteiger partial charge is 0.266 e. The molecule has 0 heterocycles. The van der Waals surface area contributed by atoms with E-state index in [1.807, 2.05) is 6.92 Å². The second-order valence-corrected chi connectivity index (χ2v) is 4.74. The lowest BCUT2D eigenvalue weighted by molar-refractivity contribution is -0.125. The molecule has 0 bridgehead atoms. The average molecular weight is 235 g/mol. The molecular weight excluding hydrogens is 218 g/mol. The van der Waals surface area contributed by atoms with Crippen LogP contribution in [0.2, 0.25) is 0 Å². The summed E-state index contributed by atoms with van der Waals surface area (Å²) >= 11 is 0. The van der Waals surface area contributed by atoms with E-state index >= 15 is 0 Å². The minimum Gasteiger partial charge on any atom is -0.338 e. The van der Waals surface area contributed by atoms with Crippen LogP contribution in [0, 0.1) is 0 Å². The monoisotopic (exact) mass is 235 g/mol. The Labute approximate surface area is 90.5 Å². The Kier molecular flexibility index (Phi) is 6.19. The van der Waals surface area contributed by atoms with Crippen molar-refractivity contribution in [1.29, 1.82) is 0 Å². The molecule has 0 aliphatic carbocycles. The van der Waals surface area contributed by atoms with Crippen LogP contribution in [0.5, 0.6) is 0 Å². The van der Waals surface area contributed by atoms with Crippen LogP contribution in [-0.4, -0.2) is 42.6 Å². The van der Waals surface area contributed by atoms with Gasteiger partial charge in [-0.25, -0.2) is 0 Å². The number of amides is 1. The zero-order chi connectivity index (χ0) is 11.9. The van der Waals surface area contributed by atoms with Gasteiger partial charge in [0, 0.05) is 13.1 Å². The highest BCUT2D eigenvalue weighted by atomic mass is 32.2. The second-order valence-electron chi connectivity index (χ2n) is 3.17. The second kappa shape index (κ2) is 6.58. The number of hydrogen-bond acceptors (Lipinski definition) is 3. The Hall–Kier alpha value is -0.880. The van der Waals surface area contributed by atoms with Crippen LogP contribution in [0.1, 0.15) is 19.8 Å². The first kappa shape index (κ1) is 14.1. The zero-order valence-corrected chi connectivity index (χ0v) is 9.66. The van der Waals surface area contributed by atoms with Gasteiger partial charge in [-0.1, -0.05) is 19.9 Å². The van der Waals surface area contributed by atoms with E-state index in [1.165, 1.54) is 4.90 Å². The maximum Gasteiger partial charge on any atom is 0.266 e. The molecule has 15 heavy (non-hydrogen) atoms. The lowest BCUT2D eigenvalue weighted by Gasteiger charge is -2.19. The molecule has 0 radical (unpaired) electrons. The Morgan fingerprint density at radius 3 is 2.47 bits per heavy atom. The van der Waals surface area contributed by atoms with Crippen molar-refractivity contribution in [2.45, 2.75) is 19.8 Å². The van der Waals surface area contributed by atoms with Crippen LogP contribution >= 0.6 is 0 Å². The summed E-state index contributed by atoms with van der Waals surface area (Å²) in [5.74, 6) is -0.747. The molecular formula is C9H17NO4S. The van der Waals surface area contributed by atoms with Gasteiger partial charge in [-0.3, -0.25) is 9.35 Å². The number of hydrogen-bond donors (Lipinski definition) is 1. The number of carbonyl (C=O) groups excluding carboxylic acids is 1. The van der Waals surface area contributed by atoms with Gasteiger partial charge in [-0.05, 0) is 12.5 Å². The number of nitrogens with zero attached hydrogens (tertiary/aromatic N) is 1. The molecule has 6 heteroatoms. The third kappa shape index (κ3) is 7.10. The molecule has 0 aromatic carbocycles. The topological polar surface area (TPSA) is 74.7 Å². The largest absolute Gasteiger partial charge is 0.338 e. The predicted molar refractivity (Wildman–Crippen MR) is 58.1 cm³/mol. The van der Waals surface area contributed by atoms with Crippen LogP contribution in [0.25, 0.3) is 0 Å². The fraction of sp³-hybridized carbons (Fsp3) is 0.667. The first-order valence-corrected chi connectivity index (χ1v) is 6.38. The van der Waals surface area contributed by atoms with Crippen LogP contribution in [0.4, 0.5) is 0 Å². The van der Waals surface area contributed by atoms with Crippen molar-refractivity contribution in [3.8, 4) is 0 Å². The summed E-state index contributed by atoms with van der Waals surface area (Å²) in [6, 6.07) is 0. The first-order chi connectivity index (χ1) is 6.90. The van der Waals surface area contributed by atoms with Crippen LogP contribution in [0.15, 0.2) is 12.7 Å². The highest BCUT2D eigenvalue weighted by molar-refractivity contribution is 7.85. The highest BCUT2D eigenvalue weighted by Crippen LogP contribution is 1.98. The predicted octanol–water partition coefficient (Wildman–Crippen LogP) is 0.689. The molecule has 0 unspecified atom stereocenters. The maximum atomic E-state index is 11.3. The van der Waals surface area contributed by atoms with Crippen molar-refractivity contribution < 1.29 is 17.8 Å². The van der Waals surface area contributed by atoms with Gasteiger partial charge in [0.2, 0.25) is 5.91 Å². The van der Waals surface area contributed by atoms with Crippen molar-refractivity contribution in [2.24, 2.45) is 0 Å². The Bertz CT molecular complexity index is 310. The van der Waals surface area contributed by atoms with Gasteiger partial charge >= 0.3 is 0 Å². The van der Waals surface area contributed by atoms with Crippen molar-refractivity contribution in [3.05, 3.63) is 12.7 Å². The fourth-order valence-corrected chi connectivity index (χ4v) is 1.49. The molecule has 0 atom stereocenters. The Morgan fingerprint density at radius 1 is 1.47 bits per heavy atom. The minimum atomic E-state index is -4.01. The van der Waals surface area contributed by atoms with Crippen LogP contribution in [0.3, 0.4) is 0 Å². The van der Waals surface area contributed by atoms with E-state index in [4.69, 9.17) is 4.55 Å². The van der Waals surface area contributed by atoms with Gasteiger partial charge in [0.25, 0.3) is 10.1 Å². The molecule has 0 aromatic rings. The summed E-state index contributed by atoms with van der Waals surface area (Å²) in [6.45, 7) is 5.79. The van der Waals surface area contributed by atoms with E-state index in [-0.39, 0.29) is 12.5 Å². The van der Waals surface area contributed by atoms with Gasteiger partial charge in [-0.2, -0.15) is 8.42 Å². The zero-order valence-electron chi connectivity index (χ0n) is 8.85. The SMILES string of the molecule is C=CC(=O)N(CCCC)CCS(=O)(=O)O. The van der Waals surface area contributed by atoms with E-state index in [9.17, 15) is 13.2 Å². The third-order valence-electron chi connectivity index (χ3n) is 1.89. The fourth-order valence-electron chi connectivity index (χ4n) is 1.04. The third-order valence-corrected chi connectivity index (χ3v) is 2.59. The van der Waals surface area contributed by atoms with E-state index in [0.29, 0.717) is 6.54 Å². The molecule has 0 saturated carbocycles. The van der Waals surface area contributed by atoms with Crippen LogP contribution in [-0.2, 0) is 14.9 Å². The normalized spacial score (nSPS) is 11.1. The molecule has 0 aliphatic heterocycles. The molecule has 0 saturated heterocycles.